The second-order valence-electron chi connectivity index (χ2n) is 14.3. The number of hydrogen-bond acceptors (Lipinski definition) is 6. The number of likely N-dealkylation sites (N-methyl/N-ethyl adjacent to an activating group) is 1. The number of esters is 2. The van der Waals surface area contributed by atoms with Gasteiger partial charge in [-0.05, 0) is 38.5 Å². The van der Waals surface area contributed by atoms with E-state index in [-0.39, 0.29) is 36.2 Å². The second-order valence-corrected chi connectivity index (χ2v) is 14.3. The standard InChI is InChI=1S/C41H73NO7/c1-6-8-10-12-14-15-16-17-18-19-20-21-22-23-24-26-28-30-32-40(44)49-37(35-47-34-33-38(41(45)46)42(3,4)5)36-48-39(43)31-29-27-25-13-11-9-7-2/h16-21,37-38H,6-15,22-36H2,1-5H3/p+1/b17-16+,19-18+,21-20+. The van der Waals surface area contributed by atoms with Gasteiger partial charge in [0.15, 0.2) is 12.1 Å². The van der Waals surface area contributed by atoms with Crippen LogP contribution in [0, 0.1) is 0 Å². The lowest BCUT2D eigenvalue weighted by molar-refractivity contribution is -0.887. The summed E-state index contributed by atoms with van der Waals surface area (Å²) in [5.41, 5.74) is 0. The van der Waals surface area contributed by atoms with Gasteiger partial charge in [0.25, 0.3) is 0 Å². The monoisotopic (exact) mass is 693 g/mol. The number of carbonyl (C=O) groups is 3. The number of rotatable bonds is 34. The molecule has 0 heterocycles. The molecule has 0 aliphatic rings. The van der Waals surface area contributed by atoms with E-state index < -0.39 is 18.1 Å². The predicted molar refractivity (Wildman–Crippen MR) is 201 cm³/mol. The van der Waals surface area contributed by atoms with Crippen LogP contribution in [0.25, 0.3) is 0 Å². The topological polar surface area (TPSA) is 99.1 Å². The van der Waals surface area contributed by atoms with Crippen LogP contribution < -0.4 is 0 Å². The molecule has 0 bridgehead atoms. The van der Waals surface area contributed by atoms with Crippen molar-refractivity contribution < 1.29 is 38.2 Å². The van der Waals surface area contributed by atoms with Crippen molar-refractivity contribution in [1.29, 1.82) is 0 Å². The van der Waals surface area contributed by atoms with Gasteiger partial charge < -0.3 is 23.8 Å². The number of ether oxygens (including phenoxy) is 3. The fraction of sp³-hybridized carbons (Fsp3) is 0.780. The van der Waals surface area contributed by atoms with Crippen LogP contribution in [0.2, 0.25) is 0 Å². The second kappa shape index (κ2) is 32.7. The Bertz CT molecular complexity index is 906. The average molecular weight is 693 g/mol. The molecule has 49 heavy (non-hydrogen) atoms. The first kappa shape index (κ1) is 46.5. The Hall–Kier alpha value is -2.45. The van der Waals surface area contributed by atoms with E-state index in [0.29, 0.717) is 19.3 Å². The molecule has 0 saturated carbocycles. The highest BCUT2D eigenvalue weighted by atomic mass is 16.6. The van der Waals surface area contributed by atoms with E-state index in [1.165, 1.54) is 57.8 Å². The number of aliphatic carboxylic acids is 1. The average Bonchev–Trinajstić information content (AvgIpc) is 3.05. The number of carboxylic acids is 1. The van der Waals surface area contributed by atoms with Gasteiger partial charge in [-0.3, -0.25) is 9.59 Å². The Morgan fingerprint density at radius 2 is 1.08 bits per heavy atom. The minimum Gasteiger partial charge on any atom is -0.477 e. The molecule has 0 aromatic rings. The summed E-state index contributed by atoms with van der Waals surface area (Å²) in [5.74, 6) is -1.50. The minimum atomic E-state index is -0.881. The lowest BCUT2D eigenvalue weighted by Gasteiger charge is -2.31. The zero-order valence-corrected chi connectivity index (χ0v) is 32.1. The first-order chi connectivity index (χ1) is 23.6. The van der Waals surface area contributed by atoms with Crippen molar-refractivity contribution in [1.82, 2.24) is 0 Å². The van der Waals surface area contributed by atoms with E-state index in [1.807, 2.05) is 21.1 Å². The van der Waals surface area contributed by atoms with Crippen molar-refractivity contribution in [3.8, 4) is 0 Å². The Morgan fingerprint density at radius 1 is 0.612 bits per heavy atom. The molecule has 284 valence electrons. The highest BCUT2D eigenvalue weighted by Crippen LogP contribution is 2.13. The maximum absolute atomic E-state index is 12.6. The maximum Gasteiger partial charge on any atom is 0.362 e. The molecule has 0 amide bonds. The van der Waals surface area contributed by atoms with Gasteiger partial charge in [-0.2, -0.15) is 0 Å². The first-order valence-corrected chi connectivity index (χ1v) is 19.6. The van der Waals surface area contributed by atoms with Crippen LogP contribution in [0.15, 0.2) is 36.5 Å². The number of unbranched alkanes of at least 4 members (excludes halogenated alkanes) is 16. The smallest absolute Gasteiger partial charge is 0.362 e. The maximum atomic E-state index is 12.6. The normalized spacial score (nSPS) is 13.4. The lowest BCUT2D eigenvalue weighted by atomic mass is 10.1. The van der Waals surface area contributed by atoms with Gasteiger partial charge in [0, 0.05) is 19.3 Å². The molecule has 0 saturated heterocycles. The molecule has 0 radical (unpaired) electrons. The molecule has 0 aromatic carbocycles. The van der Waals surface area contributed by atoms with Gasteiger partial charge in [-0.15, -0.1) is 0 Å². The summed E-state index contributed by atoms with van der Waals surface area (Å²) in [7, 11) is 5.50. The number of allylic oxidation sites excluding steroid dienone is 6. The summed E-state index contributed by atoms with van der Waals surface area (Å²) >= 11 is 0. The van der Waals surface area contributed by atoms with Gasteiger partial charge >= 0.3 is 17.9 Å². The highest BCUT2D eigenvalue weighted by molar-refractivity contribution is 5.72. The van der Waals surface area contributed by atoms with Crippen LogP contribution >= 0.6 is 0 Å². The number of carboxylic acid groups (broad SMARTS) is 1. The van der Waals surface area contributed by atoms with E-state index in [0.717, 1.165) is 64.2 Å². The third kappa shape index (κ3) is 31.3. The first-order valence-electron chi connectivity index (χ1n) is 19.6. The Balaban J connectivity index is 4.39. The van der Waals surface area contributed by atoms with Gasteiger partial charge in [0.2, 0.25) is 0 Å². The highest BCUT2D eigenvalue weighted by Gasteiger charge is 2.31. The van der Waals surface area contributed by atoms with Crippen LogP contribution in [0.3, 0.4) is 0 Å². The minimum absolute atomic E-state index is 0.0536. The molecule has 0 aliphatic heterocycles. The molecule has 0 fully saturated rings. The lowest BCUT2D eigenvalue weighted by Crippen LogP contribution is -2.50. The molecule has 8 nitrogen and oxygen atoms in total. The molecular weight excluding hydrogens is 618 g/mol. The Kier molecular flexibility index (Phi) is 31.1. The predicted octanol–water partition coefficient (Wildman–Crippen LogP) is 9.91. The largest absolute Gasteiger partial charge is 0.477 e. The molecular formula is C41H74NO7+. The van der Waals surface area contributed by atoms with E-state index >= 15 is 0 Å². The molecule has 0 spiro atoms. The van der Waals surface area contributed by atoms with Gasteiger partial charge in [0.1, 0.15) is 6.61 Å². The van der Waals surface area contributed by atoms with E-state index in [9.17, 15) is 19.5 Å². The fourth-order valence-electron chi connectivity index (χ4n) is 5.50. The SMILES string of the molecule is CCCCCCC/C=C/C=C/C=C/CCCCCCCC(=O)OC(COCCC(C(=O)O)[N+](C)(C)C)COC(=O)CCCCCCCCC. The summed E-state index contributed by atoms with van der Waals surface area (Å²) < 4.78 is 17.1. The van der Waals surface area contributed by atoms with E-state index in [4.69, 9.17) is 14.2 Å². The summed E-state index contributed by atoms with van der Waals surface area (Å²) in [6.07, 6.45) is 34.8. The zero-order chi connectivity index (χ0) is 36.4. The number of carbonyl (C=O) groups excluding carboxylic acids is 2. The fourth-order valence-corrected chi connectivity index (χ4v) is 5.50. The molecule has 1 N–H and O–H groups in total. The van der Waals surface area contributed by atoms with Crippen LogP contribution in [-0.2, 0) is 28.6 Å². The summed E-state index contributed by atoms with van der Waals surface area (Å²) in [6, 6.07) is -0.615. The van der Waals surface area contributed by atoms with Crippen LogP contribution in [0.4, 0.5) is 0 Å². The van der Waals surface area contributed by atoms with Crippen molar-refractivity contribution in [2.75, 3.05) is 41.0 Å². The zero-order valence-electron chi connectivity index (χ0n) is 32.1. The molecule has 0 rings (SSSR count). The third-order valence-electron chi connectivity index (χ3n) is 8.60. The summed E-state index contributed by atoms with van der Waals surface area (Å²) in [5, 5.41) is 9.57. The van der Waals surface area contributed by atoms with E-state index in [2.05, 4.69) is 50.3 Å². The van der Waals surface area contributed by atoms with E-state index in [1.54, 1.807) is 0 Å². The van der Waals surface area contributed by atoms with Crippen LogP contribution in [0.1, 0.15) is 155 Å². The number of quaternary nitrogens is 1. The quantitative estimate of drug-likeness (QED) is 0.0310. The van der Waals surface area contributed by atoms with Gasteiger partial charge in [-0.1, -0.05) is 134 Å². The number of nitrogens with zero attached hydrogens (tertiary/aromatic N) is 1. The van der Waals surface area contributed by atoms with Crippen molar-refractivity contribution in [2.45, 2.75) is 167 Å². The third-order valence-corrected chi connectivity index (χ3v) is 8.60. The van der Waals surface area contributed by atoms with Crippen molar-refractivity contribution in [3.63, 3.8) is 0 Å². The molecule has 2 atom stereocenters. The molecule has 2 unspecified atom stereocenters. The van der Waals surface area contributed by atoms with Crippen molar-refractivity contribution in [2.24, 2.45) is 0 Å². The van der Waals surface area contributed by atoms with Crippen molar-refractivity contribution in [3.05, 3.63) is 36.5 Å². The van der Waals surface area contributed by atoms with Gasteiger partial charge in [-0.25, -0.2) is 4.79 Å². The van der Waals surface area contributed by atoms with Crippen LogP contribution in [0.5, 0.6) is 0 Å². The molecule has 8 heteroatoms. The molecule has 0 aliphatic carbocycles. The summed E-state index contributed by atoms with van der Waals surface area (Å²) in [4.78, 5) is 36.6. The Labute approximate surface area is 300 Å². The van der Waals surface area contributed by atoms with Crippen LogP contribution in [-0.4, -0.2) is 80.6 Å². The van der Waals surface area contributed by atoms with Crippen molar-refractivity contribution >= 4 is 17.9 Å². The molecule has 0 aromatic heterocycles. The number of hydrogen-bond donors (Lipinski definition) is 1. The van der Waals surface area contributed by atoms with Gasteiger partial charge in [0.05, 0.1) is 34.4 Å². The summed E-state index contributed by atoms with van der Waals surface area (Å²) in [6.45, 7) is 4.64. The Morgan fingerprint density at radius 3 is 1.57 bits per heavy atom.